The van der Waals surface area contributed by atoms with E-state index in [1.54, 1.807) is 10.7 Å². The molecule has 0 saturated heterocycles. The Morgan fingerprint density at radius 3 is 2.79 bits per heavy atom. The highest BCUT2D eigenvalue weighted by Crippen LogP contribution is 2.27. The topological polar surface area (TPSA) is 59.7 Å². The predicted octanol–water partition coefficient (Wildman–Crippen LogP) is 2.32. The van der Waals surface area contributed by atoms with Gasteiger partial charge < -0.3 is 9.84 Å². The van der Waals surface area contributed by atoms with E-state index in [0.717, 1.165) is 16.6 Å². The summed E-state index contributed by atoms with van der Waals surface area (Å²) in [5.41, 5.74) is 2.52. The third-order valence-electron chi connectivity index (χ3n) is 3.03. The second kappa shape index (κ2) is 4.70. The Morgan fingerprint density at radius 2 is 2.05 bits per heavy atom. The van der Waals surface area contributed by atoms with E-state index in [0.29, 0.717) is 11.6 Å². The molecular weight excluding hydrogens is 242 g/mol. The van der Waals surface area contributed by atoms with Gasteiger partial charge in [0, 0.05) is 11.8 Å². The first-order valence-electron chi connectivity index (χ1n) is 5.95. The monoisotopic (exact) mass is 255 g/mol. The highest BCUT2D eigenvalue weighted by molar-refractivity contribution is 5.65. The van der Waals surface area contributed by atoms with Crippen molar-refractivity contribution in [2.75, 3.05) is 0 Å². The van der Waals surface area contributed by atoms with Crippen molar-refractivity contribution in [3.05, 3.63) is 54.0 Å². The zero-order chi connectivity index (χ0) is 13.2. The Hall–Kier alpha value is -2.40. The van der Waals surface area contributed by atoms with Crippen molar-refractivity contribution in [1.29, 1.82) is 0 Å². The minimum Gasteiger partial charge on any atom is -0.437 e. The number of benzene rings is 1. The molecule has 0 fully saturated rings. The molecule has 1 N–H and O–H groups in total. The number of fused-ring (bicyclic) bond motifs is 1. The van der Waals surface area contributed by atoms with Gasteiger partial charge in [0.25, 0.3) is 0 Å². The van der Waals surface area contributed by atoms with Crippen LogP contribution in [0, 0.1) is 6.92 Å². The average Bonchev–Trinajstić information content (AvgIpc) is 2.78. The minimum absolute atomic E-state index is 0.0278. The van der Waals surface area contributed by atoms with Gasteiger partial charge in [-0.2, -0.15) is 10.1 Å². The lowest BCUT2D eigenvalue weighted by molar-refractivity contribution is 0.281. The maximum absolute atomic E-state index is 9.30. The van der Waals surface area contributed by atoms with Crippen LogP contribution < -0.4 is 4.74 Å². The summed E-state index contributed by atoms with van der Waals surface area (Å²) in [4.78, 5) is 4.17. The normalized spacial score (nSPS) is 10.8. The lowest BCUT2D eigenvalue weighted by Crippen LogP contribution is -1.96. The van der Waals surface area contributed by atoms with E-state index in [-0.39, 0.29) is 6.61 Å². The Bertz CT molecular complexity index is 707. The van der Waals surface area contributed by atoms with Gasteiger partial charge in [0.05, 0.1) is 6.61 Å². The molecule has 0 radical (unpaired) electrons. The van der Waals surface area contributed by atoms with E-state index < -0.39 is 0 Å². The van der Waals surface area contributed by atoms with E-state index in [1.165, 1.54) is 6.33 Å². The number of hydrogen-bond donors (Lipinski definition) is 1. The summed E-state index contributed by atoms with van der Waals surface area (Å²) < 4.78 is 7.45. The maximum Gasteiger partial charge on any atom is 0.247 e. The van der Waals surface area contributed by atoms with Crippen LogP contribution in [0.25, 0.3) is 5.52 Å². The molecule has 19 heavy (non-hydrogen) atoms. The molecule has 2 heterocycles. The molecule has 0 saturated carbocycles. The molecule has 1 aromatic carbocycles. The Labute approximate surface area is 110 Å². The van der Waals surface area contributed by atoms with Gasteiger partial charge in [0.15, 0.2) is 0 Å². The van der Waals surface area contributed by atoms with Gasteiger partial charge in [-0.25, -0.2) is 4.52 Å². The van der Waals surface area contributed by atoms with E-state index in [2.05, 4.69) is 10.1 Å². The first kappa shape index (κ1) is 11.7. The van der Waals surface area contributed by atoms with Crippen LogP contribution in [-0.2, 0) is 6.61 Å². The van der Waals surface area contributed by atoms with Crippen LogP contribution in [0.3, 0.4) is 0 Å². The molecule has 96 valence electrons. The summed E-state index contributed by atoms with van der Waals surface area (Å²) in [5.74, 6) is 1.20. The second-order valence-electron chi connectivity index (χ2n) is 4.21. The van der Waals surface area contributed by atoms with Crippen molar-refractivity contribution in [3.63, 3.8) is 0 Å². The van der Waals surface area contributed by atoms with Crippen LogP contribution in [0.5, 0.6) is 11.6 Å². The Morgan fingerprint density at radius 1 is 1.26 bits per heavy atom. The minimum atomic E-state index is -0.0278. The quantitative estimate of drug-likeness (QED) is 0.780. The zero-order valence-electron chi connectivity index (χ0n) is 10.4. The van der Waals surface area contributed by atoms with Crippen molar-refractivity contribution in [2.45, 2.75) is 13.5 Å². The molecule has 0 aliphatic carbocycles. The molecule has 5 nitrogen and oxygen atoms in total. The number of aromatic nitrogens is 3. The largest absolute Gasteiger partial charge is 0.437 e. The summed E-state index contributed by atoms with van der Waals surface area (Å²) >= 11 is 0. The van der Waals surface area contributed by atoms with Crippen LogP contribution in [-0.4, -0.2) is 19.7 Å². The van der Waals surface area contributed by atoms with E-state index >= 15 is 0 Å². The number of aliphatic hydroxyl groups is 1. The molecule has 0 aliphatic rings. The molecule has 0 amide bonds. The summed E-state index contributed by atoms with van der Waals surface area (Å²) in [7, 11) is 0. The summed E-state index contributed by atoms with van der Waals surface area (Å²) in [6.07, 6.45) is 3.22. The first-order chi connectivity index (χ1) is 9.29. The summed E-state index contributed by atoms with van der Waals surface area (Å²) in [6.45, 7) is 1.89. The van der Waals surface area contributed by atoms with Crippen molar-refractivity contribution >= 4 is 5.52 Å². The summed E-state index contributed by atoms with van der Waals surface area (Å²) in [6, 6.07) is 9.46. The molecule has 0 atom stereocenters. The van der Waals surface area contributed by atoms with Crippen molar-refractivity contribution in [1.82, 2.24) is 14.6 Å². The summed E-state index contributed by atoms with van der Waals surface area (Å²) in [5, 5.41) is 13.4. The highest BCUT2D eigenvalue weighted by atomic mass is 16.5. The molecule has 5 heteroatoms. The van der Waals surface area contributed by atoms with Gasteiger partial charge >= 0.3 is 0 Å². The van der Waals surface area contributed by atoms with Crippen molar-refractivity contribution < 1.29 is 9.84 Å². The lowest BCUT2D eigenvalue weighted by Gasteiger charge is -2.06. The van der Waals surface area contributed by atoms with Gasteiger partial charge in [0.1, 0.15) is 17.6 Å². The van der Waals surface area contributed by atoms with Crippen LogP contribution in [0.4, 0.5) is 0 Å². The maximum atomic E-state index is 9.30. The lowest BCUT2D eigenvalue weighted by atomic mass is 10.2. The Balaban J connectivity index is 2.11. The van der Waals surface area contributed by atoms with E-state index in [4.69, 9.17) is 4.74 Å². The van der Waals surface area contributed by atoms with Crippen LogP contribution >= 0.6 is 0 Å². The Kier molecular flexibility index (Phi) is 2.89. The predicted molar refractivity (Wildman–Crippen MR) is 70.2 cm³/mol. The third-order valence-corrected chi connectivity index (χ3v) is 3.03. The van der Waals surface area contributed by atoms with Crippen LogP contribution in [0.15, 0.2) is 42.9 Å². The highest BCUT2D eigenvalue weighted by Gasteiger charge is 2.13. The number of aliphatic hydroxyl groups excluding tert-OH is 1. The van der Waals surface area contributed by atoms with Gasteiger partial charge in [-0.1, -0.05) is 18.2 Å². The van der Waals surface area contributed by atoms with Crippen molar-refractivity contribution in [3.8, 4) is 11.6 Å². The van der Waals surface area contributed by atoms with Gasteiger partial charge in [-0.05, 0) is 24.6 Å². The second-order valence-corrected chi connectivity index (χ2v) is 4.21. The van der Waals surface area contributed by atoms with E-state index in [9.17, 15) is 5.11 Å². The molecule has 0 spiro atoms. The average molecular weight is 255 g/mol. The molecule has 0 bridgehead atoms. The SMILES string of the molecule is Cc1c(CO)cn2ncnc(Oc3ccccc3)c12. The smallest absolute Gasteiger partial charge is 0.247 e. The van der Waals surface area contributed by atoms with Gasteiger partial charge in [0.2, 0.25) is 5.88 Å². The fraction of sp³-hybridized carbons (Fsp3) is 0.143. The number of nitrogens with zero attached hydrogens (tertiary/aromatic N) is 3. The number of para-hydroxylation sites is 1. The van der Waals surface area contributed by atoms with Crippen molar-refractivity contribution in [2.24, 2.45) is 0 Å². The fourth-order valence-corrected chi connectivity index (χ4v) is 2.01. The molecular formula is C14H13N3O2. The molecule has 0 unspecified atom stereocenters. The van der Waals surface area contributed by atoms with Crippen LogP contribution in [0.2, 0.25) is 0 Å². The molecule has 3 aromatic rings. The zero-order valence-corrected chi connectivity index (χ0v) is 10.4. The molecule has 2 aromatic heterocycles. The number of rotatable bonds is 3. The van der Waals surface area contributed by atoms with Gasteiger partial charge in [-0.15, -0.1) is 0 Å². The van der Waals surface area contributed by atoms with Gasteiger partial charge in [-0.3, -0.25) is 0 Å². The third kappa shape index (κ3) is 2.04. The van der Waals surface area contributed by atoms with Crippen LogP contribution in [0.1, 0.15) is 11.1 Å². The number of aryl methyl sites for hydroxylation is 1. The number of hydrogen-bond acceptors (Lipinski definition) is 4. The number of ether oxygens (including phenoxy) is 1. The fourth-order valence-electron chi connectivity index (χ4n) is 2.01. The molecule has 3 rings (SSSR count). The van der Waals surface area contributed by atoms with E-state index in [1.807, 2.05) is 37.3 Å². The standard InChI is InChI=1S/C14H13N3O2/c1-10-11(8-18)7-17-13(10)14(15-9-16-17)19-12-5-3-2-4-6-12/h2-7,9,18H,8H2,1H3. The first-order valence-corrected chi connectivity index (χ1v) is 5.95. The molecule has 0 aliphatic heterocycles.